The van der Waals surface area contributed by atoms with E-state index in [1.165, 1.54) is 16.4 Å². The predicted octanol–water partition coefficient (Wildman–Crippen LogP) is 1.54. The molecule has 7 heteroatoms. The van der Waals surface area contributed by atoms with Gasteiger partial charge in [0.05, 0.1) is 4.90 Å². The van der Waals surface area contributed by atoms with Crippen molar-refractivity contribution in [3.63, 3.8) is 0 Å². The van der Waals surface area contributed by atoms with Crippen LogP contribution in [0.1, 0.15) is 10.4 Å². The van der Waals surface area contributed by atoms with Gasteiger partial charge < -0.3 is 10.0 Å². The van der Waals surface area contributed by atoms with E-state index in [1.54, 1.807) is 47.4 Å². The third-order valence-electron chi connectivity index (χ3n) is 4.00. The Morgan fingerprint density at radius 3 is 2.21 bits per heavy atom. The lowest BCUT2D eigenvalue weighted by Crippen LogP contribution is -2.50. The van der Waals surface area contributed by atoms with Crippen LogP contribution >= 0.6 is 0 Å². The number of hydrogen-bond donors (Lipinski definition) is 1. The Labute approximate surface area is 141 Å². The largest absolute Gasteiger partial charge is 0.508 e. The smallest absolute Gasteiger partial charge is 0.254 e. The van der Waals surface area contributed by atoms with Crippen LogP contribution in [0.2, 0.25) is 0 Å². The standard InChI is InChI=1S/C17H18N2O4S/c20-15-6-4-5-14(13-15)17(21)18-9-11-19(12-10-18)24(22,23)16-7-2-1-3-8-16/h1-8,13,20H,9-12H2. The summed E-state index contributed by atoms with van der Waals surface area (Å²) in [4.78, 5) is 14.3. The van der Waals surface area contributed by atoms with Crippen molar-refractivity contribution in [2.75, 3.05) is 26.2 Å². The number of rotatable bonds is 3. The molecular weight excluding hydrogens is 328 g/mol. The number of carbonyl (C=O) groups excluding carboxylic acids is 1. The van der Waals surface area contributed by atoms with E-state index >= 15 is 0 Å². The van der Waals surface area contributed by atoms with Crippen LogP contribution in [-0.2, 0) is 10.0 Å². The maximum atomic E-state index is 12.6. The lowest BCUT2D eigenvalue weighted by atomic mass is 10.2. The third-order valence-corrected chi connectivity index (χ3v) is 5.91. The molecule has 1 N–H and O–H groups in total. The van der Waals surface area contributed by atoms with Gasteiger partial charge in [0.15, 0.2) is 0 Å². The zero-order chi connectivity index (χ0) is 17.2. The number of phenolic OH excluding ortho intramolecular Hbond substituents is 1. The summed E-state index contributed by atoms with van der Waals surface area (Å²) in [6, 6.07) is 14.4. The molecule has 126 valence electrons. The van der Waals surface area contributed by atoms with Crippen molar-refractivity contribution in [3.05, 3.63) is 60.2 Å². The second-order valence-electron chi connectivity index (χ2n) is 5.56. The Morgan fingerprint density at radius 1 is 0.917 bits per heavy atom. The highest BCUT2D eigenvalue weighted by Crippen LogP contribution is 2.19. The van der Waals surface area contributed by atoms with Crippen LogP contribution in [0.5, 0.6) is 5.75 Å². The van der Waals surface area contributed by atoms with Gasteiger partial charge in [0, 0.05) is 31.7 Å². The van der Waals surface area contributed by atoms with Gasteiger partial charge in [0.2, 0.25) is 10.0 Å². The fourth-order valence-electron chi connectivity index (χ4n) is 2.69. The van der Waals surface area contributed by atoms with Crippen molar-refractivity contribution >= 4 is 15.9 Å². The molecule has 0 bridgehead atoms. The van der Waals surface area contributed by atoms with Crippen LogP contribution in [0, 0.1) is 0 Å². The van der Waals surface area contributed by atoms with E-state index in [2.05, 4.69) is 0 Å². The minimum absolute atomic E-state index is 0.0335. The first-order valence-electron chi connectivity index (χ1n) is 7.62. The van der Waals surface area contributed by atoms with Crippen molar-refractivity contribution in [1.29, 1.82) is 0 Å². The molecule has 0 saturated carbocycles. The van der Waals surface area contributed by atoms with Gasteiger partial charge in [-0.2, -0.15) is 4.31 Å². The van der Waals surface area contributed by atoms with Crippen molar-refractivity contribution < 1.29 is 18.3 Å². The van der Waals surface area contributed by atoms with Gasteiger partial charge in [0.25, 0.3) is 5.91 Å². The molecule has 1 amide bonds. The zero-order valence-electron chi connectivity index (χ0n) is 13.0. The van der Waals surface area contributed by atoms with Crippen molar-refractivity contribution in [2.45, 2.75) is 4.90 Å². The molecule has 2 aromatic carbocycles. The molecule has 0 unspecified atom stereocenters. The maximum absolute atomic E-state index is 12.6. The van der Waals surface area contributed by atoms with E-state index in [1.807, 2.05) is 0 Å². The highest BCUT2D eigenvalue weighted by molar-refractivity contribution is 7.89. The topological polar surface area (TPSA) is 77.9 Å². The summed E-state index contributed by atoms with van der Waals surface area (Å²) < 4.78 is 26.5. The van der Waals surface area contributed by atoms with Gasteiger partial charge in [-0.05, 0) is 30.3 Å². The molecule has 1 heterocycles. The number of amides is 1. The number of carbonyl (C=O) groups is 1. The number of aromatic hydroxyl groups is 1. The van der Waals surface area contributed by atoms with Crippen LogP contribution in [0.4, 0.5) is 0 Å². The Bertz CT molecular complexity index is 829. The van der Waals surface area contributed by atoms with Crippen molar-refractivity contribution in [2.24, 2.45) is 0 Å². The first-order valence-corrected chi connectivity index (χ1v) is 9.06. The average Bonchev–Trinajstić information content (AvgIpc) is 2.62. The van der Waals surface area contributed by atoms with E-state index in [9.17, 15) is 18.3 Å². The van der Waals surface area contributed by atoms with E-state index in [0.29, 0.717) is 18.7 Å². The number of benzene rings is 2. The fraction of sp³-hybridized carbons (Fsp3) is 0.235. The van der Waals surface area contributed by atoms with Crippen molar-refractivity contribution in [3.8, 4) is 5.75 Å². The molecular formula is C17H18N2O4S. The molecule has 1 aliphatic heterocycles. The summed E-state index contributed by atoms with van der Waals surface area (Å²) in [7, 11) is -3.53. The van der Waals surface area contributed by atoms with Crippen LogP contribution < -0.4 is 0 Å². The van der Waals surface area contributed by atoms with Crippen LogP contribution in [0.3, 0.4) is 0 Å². The molecule has 6 nitrogen and oxygen atoms in total. The Balaban J connectivity index is 1.69. The second kappa shape index (κ2) is 6.62. The number of nitrogens with zero attached hydrogens (tertiary/aromatic N) is 2. The SMILES string of the molecule is O=C(c1cccc(O)c1)N1CCN(S(=O)(=O)c2ccccc2)CC1. The highest BCUT2D eigenvalue weighted by atomic mass is 32.2. The van der Waals surface area contributed by atoms with Gasteiger partial charge in [-0.3, -0.25) is 4.79 Å². The molecule has 1 fully saturated rings. The molecule has 2 aromatic rings. The maximum Gasteiger partial charge on any atom is 0.254 e. The van der Waals surface area contributed by atoms with E-state index < -0.39 is 10.0 Å². The monoisotopic (exact) mass is 346 g/mol. The molecule has 0 aliphatic carbocycles. The minimum atomic E-state index is -3.53. The highest BCUT2D eigenvalue weighted by Gasteiger charge is 2.30. The van der Waals surface area contributed by atoms with Crippen LogP contribution in [0.25, 0.3) is 0 Å². The van der Waals surface area contributed by atoms with Crippen LogP contribution in [0.15, 0.2) is 59.5 Å². The van der Waals surface area contributed by atoms with Gasteiger partial charge in [0.1, 0.15) is 5.75 Å². The summed E-state index contributed by atoms with van der Waals surface area (Å²) in [5.74, 6) is -0.172. The van der Waals surface area contributed by atoms with Gasteiger partial charge in [-0.1, -0.05) is 24.3 Å². The number of sulfonamides is 1. The summed E-state index contributed by atoms with van der Waals surface area (Å²) in [6.45, 7) is 1.14. The normalized spacial score (nSPS) is 16.1. The molecule has 1 saturated heterocycles. The lowest BCUT2D eigenvalue weighted by Gasteiger charge is -2.34. The van der Waals surface area contributed by atoms with Gasteiger partial charge >= 0.3 is 0 Å². The molecule has 24 heavy (non-hydrogen) atoms. The lowest BCUT2D eigenvalue weighted by molar-refractivity contribution is 0.0697. The first-order chi connectivity index (χ1) is 11.5. The number of piperazine rings is 1. The zero-order valence-corrected chi connectivity index (χ0v) is 13.8. The Morgan fingerprint density at radius 2 is 1.58 bits per heavy atom. The molecule has 0 radical (unpaired) electrons. The second-order valence-corrected chi connectivity index (χ2v) is 7.50. The summed E-state index contributed by atoms with van der Waals surface area (Å²) in [6.07, 6.45) is 0. The van der Waals surface area contributed by atoms with E-state index in [-0.39, 0.29) is 29.6 Å². The Kier molecular flexibility index (Phi) is 4.55. The fourth-order valence-corrected chi connectivity index (χ4v) is 4.14. The van der Waals surface area contributed by atoms with Gasteiger partial charge in [-0.25, -0.2) is 8.42 Å². The molecule has 0 aromatic heterocycles. The van der Waals surface area contributed by atoms with Crippen molar-refractivity contribution in [1.82, 2.24) is 9.21 Å². The first kappa shape index (κ1) is 16.5. The molecule has 0 spiro atoms. The van der Waals surface area contributed by atoms with Crippen LogP contribution in [-0.4, -0.2) is 54.8 Å². The number of phenols is 1. The molecule has 3 rings (SSSR count). The molecule has 1 aliphatic rings. The predicted molar refractivity (Wildman–Crippen MR) is 89.2 cm³/mol. The summed E-state index contributed by atoms with van der Waals surface area (Å²) in [5.41, 5.74) is 0.398. The average molecular weight is 346 g/mol. The Hall–Kier alpha value is -2.38. The third kappa shape index (κ3) is 3.27. The molecule has 0 atom stereocenters. The summed E-state index contributed by atoms with van der Waals surface area (Å²) in [5, 5.41) is 9.48. The summed E-state index contributed by atoms with van der Waals surface area (Å²) >= 11 is 0. The minimum Gasteiger partial charge on any atom is -0.508 e. The van der Waals surface area contributed by atoms with Gasteiger partial charge in [-0.15, -0.1) is 0 Å². The quantitative estimate of drug-likeness (QED) is 0.914. The van der Waals surface area contributed by atoms with E-state index in [4.69, 9.17) is 0 Å². The van der Waals surface area contributed by atoms with E-state index in [0.717, 1.165) is 0 Å². The number of hydrogen-bond acceptors (Lipinski definition) is 4.